The Hall–Kier alpha value is -0.780. The Kier molecular flexibility index (Phi) is 2.93. The number of primary amides is 1. The third kappa shape index (κ3) is 2.40. The third-order valence-electron chi connectivity index (χ3n) is 0.478. The minimum atomic E-state index is -0.701. The van der Waals surface area contributed by atoms with Gasteiger partial charge in [-0.1, -0.05) is 0 Å². The van der Waals surface area contributed by atoms with Gasteiger partial charge >= 0.3 is 46.7 Å². The summed E-state index contributed by atoms with van der Waals surface area (Å²) in [6.07, 6.45) is 0. The van der Waals surface area contributed by atoms with Gasteiger partial charge in [0.1, 0.15) is 0 Å². The van der Waals surface area contributed by atoms with E-state index in [1.165, 1.54) is 0 Å². The van der Waals surface area contributed by atoms with Crippen LogP contribution in [-0.2, 0) is 9.36 Å². The van der Waals surface area contributed by atoms with Crippen LogP contribution in [0.1, 0.15) is 0 Å². The third-order valence-corrected chi connectivity index (χ3v) is 0.839. The van der Waals surface area contributed by atoms with E-state index in [4.69, 9.17) is 0 Å². The Morgan fingerprint density at radius 1 is 1.75 bits per heavy atom. The summed E-state index contributed by atoms with van der Waals surface area (Å²) >= 11 is 0. The first-order chi connectivity index (χ1) is 3.68. The number of carbonyl (C=O) groups excluding carboxylic acids is 1. The van der Waals surface area contributed by atoms with Gasteiger partial charge in [-0.25, -0.2) is 0 Å². The molecule has 3 nitrogen and oxygen atoms in total. The summed E-state index contributed by atoms with van der Waals surface area (Å²) in [6.45, 7) is 3.15. The molecule has 0 fully saturated rings. The minimum absolute atomic E-state index is 0.0540. The van der Waals surface area contributed by atoms with Gasteiger partial charge in [0.05, 0.1) is 0 Å². The predicted molar refractivity (Wildman–Crippen MR) is 29.8 cm³/mol. The van der Waals surface area contributed by atoms with Gasteiger partial charge < -0.3 is 0 Å². The molecule has 0 aromatic heterocycles. The summed E-state index contributed by atoms with van der Waals surface area (Å²) in [6, 6.07) is 0. The molecule has 0 rings (SSSR count). The topological polar surface area (TPSA) is 60.2 Å². The van der Waals surface area contributed by atoms with Crippen LogP contribution in [0, 0.1) is 5.63 Å². The average molecular weight is 129 g/mol. The van der Waals surface area contributed by atoms with Crippen LogP contribution < -0.4 is 5.73 Å². The number of carbonyl (C=O) groups is 1. The zero-order valence-corrected chi connectivity index (χ0v) is 4.94. The monoisotopic (exact) mass is 129 g/mol. The molecule has 0 aliphatic heterocycles. The van der Waals surface area contributed by atoms with Crippen LogP contribution in [0.2, 0.25) is 0 Å². The summed E-state index contributed by atoms with van der Waals surface area (Å²) in [5.74, 6) is -0.701. The Morgan fingerprint density at radius 2 is 2.25 bits per heavy atom. The van der Waals surface area contributed by atoms with E-state index in [-0.39, 0.29) is 13.5 Å². The molecule has 0 saturated heterocycles. The molecule has 2 N–H and O–H groups in total. The number of hydrogen-bond donors (Lipinski definition) is 1. The van der Waals surface area contributed by atoms with Gasteiger partial charge in [-0.3, -0.25) is 0 Å². The molecule has 8 heavy (non-hydrogen) atoms. The first-order valence-electron chi connectivity index (χ1n) is 1.75. The number of amides is 1. The fourth-order valence-electron chi connectivity index (χ4n) is 0.110. The van der Waals surface area contributed by atoms with Crippen molar-refractivity contribution in [3.63, 3.8) is 0 Å². The standard InChI is InChI=1S/C4H4NO2P/c1-3(2-8-7)4(5)6/h1H2,(H2,5,6). The molecule has 1 amide bonds. The van der Waals surface area contributed by atoms with Crippen molar-refractivity contribution in [3.05, 3.63) is 12.2 Å². The Balaban J connectivity index is 4.20. The first kappa shape index (κ1) is 7.22. The van der Waals surface area contributed by atoms with Crippen LogP contribution in [0.25, 0.3) is 0 Å². The molecular weight excluding hydrogens is 125 g/mol. The Bertz CT molecular complexity index is 213. The van der Waals surface area contributed by atoms with E-state index in [2.05, 4.69) is 17.9 Å². The van der Waals surface area contributed by atoms with E-state index in [1.54, 1.807) is 0 Å². The van der Waals surface area contributed by atoms with Crippen LogP contribution in [0.4, 0.5) is 0 Å². The summed E-state index contributed by atoms with van der Waals surface area (Å²) in [7, 11) is -0.366. The zero-order valence-electron chi connectivity index (χ0n) is 4.05. The molecule has 42 valence electrons. The Labute approximate surface area is 47.7 Å². The predicted octanol–water partition coefficient (Wildman–Crippen LogP) is 0.279. The van der Waals surface area contributed by atoms with Crippen LogP contribution in [0.5, 0.6) is 0 Å². The molecule has 0 heterocycles. The summed E-state index contributed by atoms with van der Waals surface area (Å²) in [5, 5.41) is 0. The van der Waals surface area contributed by atoms with Crippen molar-refractivity contribution in [1.82, 2.24) is 0 Å². The molecule has 4 heteroatoms. The summed E-state index contributed by atoms with van der Waals surface area (Å²) in [5.41, 5.74) is 6.72. The van der Waals surface area contributed by atoms with Gasteiger partial charge in [0.25, 0.3) is 0 Å². The molecule has 0 spiro atoms. The van der Waals surface area contributed by atoms with Crippen LogP contribution in [0.3, 0.4) is 0 Å². The van der Waals surface area contributed by atoms with Crippen molar-refractivity contribution in [1.29, 1.82) is 0 Å². The fourth-order valence-corrected chi connectivity index (χ4v) is 0.331. The van der Waals surface area contributed by atoms with E-state index in [1.807, 2.05) is 0 Å². The number of nitrogens with two attached hydrogens (primary N) is 1. The number of hydrogen-bond acceptors (Lipinski definition) is 2. The molecule has 0 radical (unpaired) electrons. The van der Waals surface area contributed by atoms with Crippen molar-refractivity contribution in [2.75, 3.05) is 0 Å². The van der Waals surface area contributed by atoms with Crippen molar-refractivity contribution < 1.29 is 9.36 Å². The molecule has 0 aromatic rings. The molecule has 0 saturated carbocycles. The van der Waals surface area contributed by atoms with E-state index in [0.29, 0.717) is 0 Å². The quantitative estimate of drug-likeness (QED) is 0.408. The molecule has 0 unspecified atom stereocenters. The first-order valence-corrected chi connectivity index (χ1v) is 2.56. The second kappa shape index (κ2) is 3.25. The van der Waals surface area contributed by atoms with Gasteiger partial charge in [0.15, 0.2) is 0 Å². The van der Waals surface area contributed by atoms with Gasteiger partial charge in [-0.05, 0) is 0 Å². The van der Waals surface area contributed by atoms with E-state index < -0.39 is 5.91 Å². The van der Waals surface area contributed by atoms with Crippen LogP contribution in [-0.4, -0.2) is 5.91 Å². The Morgan fingerprint density at radius 3 is 2.38 bits per heavy atom. The molecule has 0 atom stereocenters. The normalized spacial score (nSPS) is 7.00. The molecular formula is C4H4NO2P. The van der Waals surface area contributed by atoms with Crippen molar-refractivity contribution in [2.24, 2.45) is 5.73 Å². The molecule has 0 aromatic carbocycles. The summed E-state index contributed by atoms with van der Waals surface area (Å²) < 4.78 is 9.64. The molecule has 0 aliphatic carbocycles. The van der Waals surface area contributed by atoms with Crippen molar-refractivity contribution >= 4 is 13.8 Å². The van der Waals surface area contributed by atoms with Crippen LogP contribution >= 0.6 is 7.92 Å². The maximum absolute atomic E-state index is 10.0. The van der Waals surface area contributed by atoms with Crippen molar-refractivity contribution in [2.45, 2.75) is 0 Å². The van der Waals surface area contributed by atoms with Crippen LogP contribution in [0.15, 0.2) is 12.2 Å². The van der Waals surface area contributed by atoms with Gasteiger partial charge in [0.2, 0.25) is 0 Å². The zero-order chi connectivity index (χ0) is 6.57. The van der Waals surface area contributed by atoms with Gasteiger partial charge in [-0.15, -0.1) is 0 Å². The maximum atomic E-state index is 10.0. The van der Waals surface area contributed by atoms with Gasteiger partial charge in [0, 0.05) is 0 Å². The average Bonchev–Trinajstić information content (AvgIpc) is 1.67. The number of rotatable bonds is 1. The van der Waals surface area contributed by atoms with Gasteiger partial charge in [-0.2, -0.15) is 0 Å². The van der Waals surface area contributed by atoms with Crippen molar-refractivity contribution in [3.8, 4) is 5.63 Å². The van der Waals surface area contributed by atoms with E-state index in [9.17, 15) is 9.36 Å². The summed E-state index contributed by atoms with van der Waals surface area (Å²) in [4.78, 5) is 10.0. The molecule has 0 aliphatic rings. The second-order valence-electron chi connectivity index (χ2n) is 1.05. The van der Waals surface area contributed by atoms with E-state index in [0.717, 1.165) is 0 Å². The second-order valence-corrected chi connectivity index (χ2v) is 1.45. The molecule has 0 bridgehead atoms. The fraction of sp³-hybridized carbons (Fsp3) is 0. The SMILES string of the molecule is C=C(C#P=O)C(N)=O. The van der Waals surface area contributed by atoms with E-state index >= 15 is 0 Å².